The summed E-state index contributed by atoms with van der Waals surface area (Å²) in [4.78, 5) is 12.8. The van der Waals surface area contributed by atoms with Crippen LogP contribution in [-0.2, 0) is 21.0 Å². The second-order valence-corrected chi connectivity index (χ2v) is 10.4. The van der Waals surface area contributed by atoms with Gasteiger partial charge in [-0.15, -0.1) is 0 Å². The van der Waals surface area contributed by atoms with E-state index in [4.69, 9.17) is 21.1 Å². The fourth-order valence-electron chi connectivity index (χ4n) is 3.75. The summed E-state index contributed by atoms with van der Waals surface area (Å²) in [5, 5.41) is 2.10. The van der Waals surface area contributed by atoms with E-state index in [-0.39, 0.29) is 10.6 Å². The molecule has 0 saturated heterocycles. The van der Waals surface area contributed by atoms with Crippen molar-refractivity contribution in [1.82, 2.24) is 5.32 Å². The number of hydrogen-bond acceptors (Lipinski definition) is 5. The molecular formula is C25H22ClF3N2O5S. The zero-order valence-electron chi connectivity index (χ0n) is 19.5. The van der Waals surface area contributed by atoms with E-state index in [2.05, 4.69) is 5.32 Å². The molecule has 1 N–H and O–H groups in total. The van der Waals surface area contributed by atoms with Crippen LogP contribution < -0.4 is 19.1 Å². The lowest BCUT2D eigenvalue weighted by Crippen LogP contribution is -2.41. The van der Waals surface area contributed by atoms with Crippen LogP contribution in [0.4, 0.5) is 18.9 Å². The molecular weight excluding hydrogens is 533 g/mol. The maximum atomic E-state index is 13.5. The molecule has 0 radical (unpaired) electrons. The summed E-state index contributed by atoms with van der Waals surface area (Å²) >= 11 is 5.72. The highest BCUT2D eigenvalue weighted by atomic mass is 35.5. The molecule has 12 heteroatoms. The molecule has 0 bridgehead atoms. The number of hydrogen-bond donors (Lipinski definition) is 1. The molecule has 4 rings (SSSR count). The Morgan fingerprint density at radius 3 is 2.38 bits per heavy atom. The van der Waals surface area contributed by atoms with Gasteiger partial charge in [-0.3, -0.25) is 9.10 Å². The molecule has 1 aliphatic rings. The molecule has 3 aromatic carbocycles. The Labute approximate surface area is 216 Å². The average molecular weight is 555 g/mol. The molecule has 1 atom stereocenters. The Balaban J connectivity index is 1.64. The number of ether oxygens (including phenoxy) is 2. The van der Waals surface area contributed by atoms with Crippen LogP contribution >= 0.6 is 11.6 Å². The number of amides is 1. The van der Waals surface area contributed by atoms with Crippen molar-refractivity contribution < 1.29 is 35.9 Å². The maximum Gasteiger partial charge on any atom is 0.417 e. The van der Waals surface area contributed by atoms with Crippen LogP contribution in [0.15, 0.2) is 71.6 Å². The Hall–Kier alpha value is -3.44. The van der Waals surface area contributed by atoms with Crippen LogP contribution in [0, 0.1) is 0 Å². The summed E-state index contributed by atoms with van der Waals surface area (Å²) in [5.74, 6) is 0.348. The molecule has 0 fully saturated rings. The van der Waals surface area contributed by atoms with E-state index in [1.165, 1.54) is 24.3 Å². The Morgan fingerprint density at radius 1 is 1.03 bits per heavy atom. The number of nitrogens with one attached hydrogen (secondary N) is 1. The van der Waals surface area contributed by atoms with Gasteiger partial charge in [0.2, 0.25) is 5.91 Å². The molecule has 1 aliphatic heterocycles. The molecule has 37 heavy (non-hydrogen) atoms. The van der Waals surface area contributed by atoms with Crippen molar-refractivity contribution in [2.75, 3.05) is 24.1 Å². The zero-order valence-corrected chi connectivity index (χ0v) is 21.0. The third-order valence-corrected chi connectivity index (χ3v) is 7.72. The summed E-state index contributed by atoms with van der Waals surface area (Å²) in [5.41, 5.74) is -0.909. The molecule has 3 aromatic rings. The van der Waals surface area contributed by atoms with Crippen LogP contribution in [0.2, 0.25) is 5.02 Å². The van der Waals surface area contributed by atoms with Gasteiger partial charge < -0.3 is 14.8 Å². The average Bonchev–Trinajstić information content (AvgIpc) is 2.87. The number of halogens is 4. The van der Waals surface area contributed by atoms with Crippen molar-refractivity contribution in [3.63, 3.8) is 0 Å². The lowest BCUT2D eigenvalue weighted by Gasteiger charge is -2.26. The number of alkyl halides is 3. The summed E-state index contributed by atoms with van der Waals surface area (Å²) in [6.07, 6.45) is -4.83. The van der Waals surface area contributed by atoms with E-state index in [1.54, 1.807) is 31.2 Å². The molecule has 0 aromatic heterocycles. The van der Waals surface area contributed by atoms with Gasteiger partial charge in [0, 0.05) is 0 Å². The van der Waals surface area contributed by atoms with Gasteiger partial charge in [-0.2, -0.15) is 13.2 Å². The fourth-order valence-corrected chi connectivity index (χ4v) is 5.41. The van der Waals surface area contributed by atoms with Crippen LogP contribution in [0.3, 0.4) is 0 Å². The number of carbonyl (C=O) groups excluding carboxylic acids is 1. The molecule has 1 heterocycles. The number of benzene rings is 3. The normalized spacial score (nSPS) is 14.1. The Kier molecular flexibility index (Phi) is 7.56. The summed E-state index contributed by atoms with van der Waals surface area (Å²) in [6.45, 7) is 1.71. The highest BCUT2D eigenvalue weighted by Gasteiger charge is 2.35. The number of rotatable bonds is 7. The SMILES string of the molecule is CC(NC(=O)CN(c1ccc(Cl)c(C(F)(F)F)c1)S(=O)(=O)c1ccccc1)c1ccc2c(c1)OCCO2. The zero-order chi connectivity index (χ0) is 26.8. The second kappa shape index (κ2) is 10.5. The van der Waals surface area contributed by atoms with Crippen molar-refractivity contribution in [2.45, 2.75) is 24.0 Å². The van der Waals surface area contributed by atoms with Gasteiger partial charge in [0.05, 0.1) is 27.2 Å². The van der Waals surface area contributed by atoms with Crippen molar-refractivity contribution in [1.29, 1.82) is 0 Å². The largest absolute Gasteiger partial charge is 0.486 e. The number of anilines is 1. The van der Waals surface area contributed by atoms with E-state index in [0.717, 1.165) is 12.1 Å². The van der Waals surface area contributed by atoms with Gasteiger partial charge in [-0.1, -0.05) is 35.9 Å². The molecule has 0 aliphatic carbocycles. The molecule has 1 unspecified atom stereocenters. The van der Waals surface area contributed by atoms with Gasteiger partial charge in [-0.25, -0.2) is 8.42 Å². The number of fused-ring (bicyclic) bond motifs is 1. The van der Waals surface area contributed by atoms with Crippen LogP contribution in [0.1, 0.15) is 24.1 Å². The van der Waals surface area contributed by atoms with Crippen molar-refractivity contribution >= 4 is 33.2 Å². The monoisotopic (exact) mass is 554 g/mol. The molecule has 0 spiro atoms. The molecule has 1 amide bonds. The minimum absolute atomic E-state index is 0.189. The quantitative estimate of drug-likeness (QED) is 0.434. The lowest BCUT2D eigenvalue weighted by molar-refractivity contribution is -0.137. The number of carbonyl (C=O) groups is 1. The van der Waals surface area contributed by atoms with Gasteiger partial charge in [0.25, 0.3) is 10.0 Å². The fraction of sp³-hybridized carbons (Fsp3) is 0.240. The number of nitrogens with zero attached hydrogens (tertiary/aromatic N) is 1. The highest BCUT2D eigenvalue weighted by Crippen LogP contribution is 2.38. The van der Waals surface area contributed by atoms with Crippen molar-refractivity contribution in [3.05, 3.63) is 82.9 Å². The van der Waals surface area contributed by atoms with Gasteiger partial charge in [-0.05, 0) is 55.0 Å². The first-order chi connectivity index (χ1) is 17.5. The minimum atomic E-state index is -4.83. The predicted octanol–water partition coefficient (Wildman–Crippen LogP) is 5.20. The van der Waals surface area contributed by atoms with E-state index in [9.17, 15) is 26.4 Å². The van der Waals surface area contributed by atoms with Crippen molar-refractivity contribution in [3.8, 4) is 11.5 Å². The van der Waals surface area contributed by atoms with Crippen LogP contribution in [0.5, 0.6) is 11.5 Å². The van der Waals surface area contributed by atoms with Gasteiger partial charge >= 0.3 is 6.18 Å². The highest BCUT2D eigenvalue weighted by molar-refractivity contribution is 7.92. The van der Waals surface area contributed by atoms with E-state index >= 15 is 0 Å². The van der Waals surface area contributed by atoms with Crippen LogP contribution in [-0.4, -0.2) is 34.1 Å². The van der Waals surface area contributed by atoms with E-state index in [0.29, 0.717) is 40.6 Å². The summed E-state index contributed by atoms with van der Waals surface area (Å²) in [7, 11) is -4.41. The topological polar surface area (TPSA) is 84.9 Å². The lowest BCUT2D eigenvalue weighted by atomic mass is 10.1. The van der Waals surface area contributed by atoms with Crippen LogP contribution in [0.25, 0.3) is 0 Å². The minimum Gasteiger partial charge on any atom is -0.486 e. The van der Waals surface area contributed by atoms with E-state index in [1.807, 2.05) is 0 Å². The molecule has 0 saturated carbocycles. The molecule has 196 valence electrons. The van der Waals surface area contributed by atoms with Gasteiger partial charge in [0.15, 0.2) is 11.5 Å². The predicted molar refractivity (Wildman–Crippen MR) is 131 cm³/mol. The summed E-state index contributed by atoms with van der Waals surface area (Å²) in [6, 6.07) is 14.4. The van der Waals surface area contributed by atoms with E-state index < -0.39 is 45.3 Å². The third kappa shape index (κ3) is 5.94. The van der Waals surface area contributed by atoms with Gasteiger partial charge in [0.1, 0.15) is 19.8 Å². The Bertz CT molecular complexity index is 1400. The standard InChI is InChI=1S/C25H22ClF3N2O5S/c1-16(17-7-10-22-23(13-17)36-12-11-35-22)30-24(32)15-31(37(33,34)19-5-3-2-4-6-19)18-8-9-21(26)20(14-18)25(27,28)29/h2-10,13-14,16H,11-12,15H2,1H3,(H,30,32). The summed E-state index contributed by atoms with van der Waals surface area (Å²) < 4.78 is 79.0. The first-order valence-corrected chi connectivity index (χ1v) is 12.9. The smallest absolute Gasteiger partial charge is 0.417 e. The van der Waals surface area contributed by atoms with Crippen molar-refractivity contribution in [2.24, 2.45) is 0 Å². The number of sulfonamides is 1. The third-order valence-electron chi connectivity index (χ3n) is 5.61. The first-order valence-electron chi connectivity index (χ1n) is 11.1. The molecule has 7 nitrogen and oxygen atoms in total. The first kappa shape index (κ1) is 26.6. The maximum absolute atomic E-state index is 13.5. The second-order valence-electron chi connectivity index (χ2n) is 8.18. The Morgan fingerprint density at radius 2 is 1.70 bits per heavy atom.